The van der Waals surface area contributed by atoms with Gasteiger partial charge in [0.2, 0.25) is 0 Å². The molecule has 1 atom stereocenters. The molecule has 0 aromatic carbocycles. The average Bonchev–Trinajstić information content (AvgIpc) is 2.52. The quantitative estimate of drug-likeness (QED) is 0.665. The summed E-state index contributed by atoms with van der Waals surface area (Å²) in [5.41, 5.74) is 0. The van der Waals surface area contributed by atoms with E-state index in [1.54, 1.807) is 0 Å². The number of nitrogens with one attached hydrogen (secondary N) is 1. The molecule has 0 aliphatic carbocycles. The van der Waals surface area contributed by atoms with Gasteiger partial charge in [-0.15, -0.1) is 0 Å². The van der Waals surface area contributed by atoms with Crippen LogP contribution in [-0.2, 0) is 0 Å². The van der Waals surface area contributed by atoms with Crippen LogP contribution >= 0.6 is 22.6 Å². The van der Waals surface area contributed by atoms with Gasteiger partial charge in [0.15, 0.2) is 0 Å². The monoisotopic (exact) mass is 293 g/mol. The summed E-state index contributed by atoms with van der Waals surface area (Å²) >= 11 is 2.28. The van der Waals surface area contributed by atoms with Gasteiger partial charge >= 0.3 is 0 Å². The lowest BCUT2D eigenvalue weighted by Gasteiger charge is -2.11. The van der Waals surface area contributed by atoms with E-state index in [0.29, 0.717) is 6.04 Å². The number of rotatable bonds is 5. The third-order valence-electron chi connectivity index (χ3n) is 2.01. The first-order valence-corrected chi connectivity index (χ1v) is 5.72. The Morgan fingerprint density at radius 1 is 1.69 bits per heavy atom. The summed E-state index contributed by atoms with van der Waals surface area (Å²) in [6, 6.07) is 0.488. The van der Waals surface area contributed by atoms with Gasteiger partial charge in [-0.1, -0.05) is 6.92 Å². The van der Waals surface area contributed by atoms with Crippen LogP contribution in [0.2, 0.25) is 0 Å². The standard InChI is InChI=1S/C9H16IN3/c1-3-11-5-4-8(2)13-7-9(10)6-12-13/h6-8,11H,3-5H2,1-2H3. The van der Waals surface area contributed by atoms with Crippen molar-refractivity contribution in [2.75, 3.05) is 13.1 Å². The van der Waals surface area contributed by atoms with Crippen molar-refractivity contribution in [1.29, 1.82) is 0 Å². The molecule has 0 spiro atoms. The fourth-order valence-corrected chi connectivity index (χ4v) is 1.59. The molecule has 4 heteroatoms. The maximum atomic E-state index is 4.28. The van der Waals surface area contributed by atoms with Crippen molar-refractivity contribution in [1.82, 2.24) is 15.1 Å². The Labute approximate surface area is 93.0 Å². The highest BCUT2D eigenvalue weighted by atomic mass is 127. The van der Waals surface area contributed by atoms with Crippen LogP contribution in [0, 0.1) is 3.57 Å². The van der Waals surface area contributed by atoms with Crippen molar-refractivity contribution < 1.29 is 0 Å². The summed E-state index contributed by atoms with van der Waals surface area (Å²) in [5.74, 6) is 0. The molecule has 74 valence electrons. The van der Waals surface area contributed by atoms with Crippen LogP contribution in [0.15, 0.2) is 12.4 Å². The zero-order valence-corrected chi connectivity index (χ0v) is 10.3. The lowest BCUT2D eigenvalue weighted by molar-refractivity contribution is 0.447. The average molecular weight is 293 g/mol. The highest BCUT2D eigenvalue weighted by Gasteiger charge is 2.04. The second-order valence-corrected chi connectivity index (χ2v) is 4.38. The van der Waals surface area contributed by atoms with Gasteiger partial charge in [0.05, 0.1) is 15.8 Å². The molecular weight excluding hydrogens is 277 g/mol. The van der Waals surface area contributed by atoms with Crippen molar-refractivity contribution in [3.8, 4) is 0 Å². The fraction of sp³-hybridized carbons (Fsp3) is 0.667. The number of aromatic nitrogens is 2. The Bertz CT molecular complexity index is 247. The summed E-state index contributed by atoms with van der Waals surface area (Å²) in [5, 5.41) is 7.59. The van der Waals surface area contributed by atoms with Gasteiger partial charge in [0, 0.05) is 6.20 Å². The van der Waals surface area contributed by atoms with E-state index in [4.69, 9.17) is 0 Å². The number of halogens is 1. The lowest BCUT2D eigenvalue weighted by atomic mass is 10.2. The second kappa shape index (κ2) is 5.59. The van der Waals surface area contributed by atoms with Crippen LogP contribution in [0.5, 0.6) is 0 Å². The Morgan fingerprint density at radius 2 is 2.46 bits per heavy atom. The Hall–Kier alpha value is -0.100. The molecule has 1 heterocycles. The van der Waals surface area contributed by atoms with Gasteiger partial charge in [-0.2, -0.15) is 5.10 Å². The van der Waals surface area contributed by atoms with Gasteiger partial charge in [0.25, 0.3) is 0 Å². The third kappa shape index (κ3) is 3.64. The van der Waals surface area contributed by atoms with Crippen LogP contribution in [0.3, 0.4) is 0 Å². The SMILES string of the molecule is CCNCCC(C)n1cc(I)cn1. The van der Waals surface area contributed by atoms with E-state index < -0.39 is 0 Å². The Balaban J connectivity index is 2.35. The molecular formula is C9H16IN3. The molecule has 1 rings (SSSR count). The molecule has 13 heavy (non-hydrogen) atoms. The molecule has 0 aliphatic heterocycles. The molecule has 1 aromatic heterocycles. The second-order valence-electron chi connectivity index (χ2n) is 3.13. The van der Waals surface area contributed by atoms with Gasteiger partial charge in [-0.25, -0.2) is 0 Å². The van der Waals surface area contributed by atoms with Crippen LogP contribution in [-0.4, -0.2) is 22.9 Å². The van der Waals surface area contributed by atoms with Crippen molar-refractivity contribution in [3.05, 3.63) is 16.0 Å². The highest BCUT2D eigenvalue weighted by Crippen LogP contribution is 2.10. The zero-order chi connectivity index (χ0) is 9.68. The minimum atomic E-state index is 0.488. The van der Waals surface area contributed by atoms with E-state index >= 15 is 0 Å². The van der Waals surface area contributed by atoms with E-state index in [1.165, 1.54) is 3.57 Å². The summed E-state index contributed by atoms with van der Waals surface area (Å²) in [6.07, 6.45) is 5.10. The number of hydrogen-bond donors (Lipinski definition) is 1. The van der Waals surface area contributed by atoms with Crippen molar-refractivity contribution in [2.45, 2.75) is 26.3 Å². The van der Waals surface area contributed by atoms with Gasteiger partial charge < -0.3 is 5.32 Å². The smallest absolute Gasteiger partial charge is 0.0623 e. The third-order valence-corrected chi connectivity index (χ3v) is 2.57. The van der Waals surface area contributed by atoms with E-state index in [-0.39, 0.29) is 0 Å². The van der Waals surface area contributed by atoms with E-state index in [1.807, 2.05) is 10.9 Å². The summed E-state index contributed by atoms with van der Waals surface area (Å²) < 4.78 is 3.23. The number of hydrogen-bond acceptors (Lipinski definition) is 2. The predicted molar refractivity (Wildman–Crippen MR) is 62.8 cm³/mol. The molecule has 0 bridgehead atoms. The molecule has 0 radical (unpaired) electrons. The van der Waals surface area contributed by atoms with Crippen LogP contribution < -0.4 is 5.32 Å². The molecule has 1 N–H and O–H groups in total. The first-order chi connectivity index (χ1) is 6.24. The molecule has 1 unspecified atom stereocenters. The molecule has 0 saturated carbocycles. The minimum Gasteiger partial charge on any atom is -0.317 e. The number of nitrogens with zero attached hydrogens (tertiary/aromatic N) is 2. The van der Waals surface area contributed by atoms with E-state index in [9.17, 15) is 0 Å². The molecule has 0 fully saturated rings. The molecule has 1 aromatic rings. The highest BCUT2D eigenvalue weighted by molar-refractivity contribution is 14.1. The Kier molecular flexibility index (Phi) is 4.72. The Morgan fingerprint density at radius 3 is 3.00 bits per heavy atom. The summed E-state index contributed by atoms with van der Waals surface area (Å²) in [4.78, 5) is 0. The van der Waals surface area contributed by atoms with Crippen LogP contribution in [0.4, 0.5) is 0 Å². The fourth-order valence-electron chi connectivity index (χ4n) is 1.18. The van der Waals surface area contributed by atoms with Crippen molar-refractivity contribution in [3.63, 3.8) is 0 Å². The topological polar surface area (TPSA) is 29.9 Å². The predicted octanol–water partition coefficient (Wildman–Crippen LogP) is 2.05. The summed E-state index contributed by atoms with van der Waals surface area (Å²) in [6.45, 7) is 6.43. The molecule has 0 amide bonds. The maximum Gasteiger partial charge on any atom is 0.0623 e. The van der Waals surface area contributed by atoms with Crippen LogP contribution in [0.1, 0.15) is 26.3 Å². The van der Waals surface area contributed by atoms with E-state index in [2.05, 4.69) is 53.1 Å². The van der Waals surface area contributed by atoms with Crippen LogP contribution in [0.25, 0.3) is 0 Å². The van der Waals surface area contributed by atoms with Crippen molar-refractivity contribution >= 4 is 22.6 Å². The summed E-state index contributed by atoms with van der Waals surface area (Å²) in [7, 11) is 0. The normalized spacial score (nSPS) is 13.2. The van der Waals surface area contributed by atoms with Gasteiger partial charge in [-0.05, 0) is 49.0 Å². The van der Waals surface area contributed by atoms with Crippen molar-refractivity contribution in [2.24, 2.45) is 0 Å². The van der Waals surface area contributed by atoms with Gasteiger partial charge in [-0.3, -0.25) is 4.68 Å². The first kappa shape index (κ1) is 11.0. The molecule has 0 saturated heterocycles. The lowest BCUT2D eigenvalue weighted by Crippen LogP contribution is -2.18. The van der Waals surface area contributed by atoms with E-state index in [0.717, 1.165) is 19.5 Å². The molecule has 0 aliphatic rings. The van der Waals surface area contributed by atoms with Gasteiger partial charge in [0.1, 0.15) is 0 Å². The maximum absolute atomic E-state index is 4.28. The minimum absolute atomic E-state index is 0.488. The largest absolute Gasteiger partial charge is 0.317 e. The zero-order valence-electron chi connectivity index (χ0n) is 8.13. The molecule has 3 nitrogen and oxygen atoms in total. The first-order valence-electron chi connectivity index (χ1n) is 4.64.